The van der Waals surface area contributed by atoms with Crippen molar-refractivity contribution in [1.29, 1.82) is 0 Å². The fraction of sp³-hybridized carbons (Fsp3) is 0.667. The second-order valence-electron chi connectivity index (χ2n) is 2.26. The van der Waals surface area contributed by atoms with Crippen LogP contribution in [0, 0.1) is 0 Å². The Morgan fingerprint density at radius 1 is 1.15 bits per heavy atom. The first-order valence-corrected chi connectivity index (χ1v) is 6.15. The van der Waals surface area contributed by atoms with Crippen LogP contribution in [0.2, 0.25) is 0 Å². The first kappa shape index (κ1) is 12.7. The van der Waals surface area contributed by atoms with Gasteiger partial charge in [0.1, 0.15) is 4.32 Å². The molecule has 0 radical (unpaired) electrons. The second kappa shape index (κ2) is 7.11. The molecule has 0 aliphatic heterocycles. The molecule has 0 saturated carbocycles. The maximum atomic E-state index is 10.2. The molecule has 0 aliphatic carbocycles. The molecule has 0 aliphatic rings. The summed E-state index contributed by atoms with van der Waals surface area (Å²) in [6, 6.07) is 0. The van der Waals surface area contributed by atoms with E-state index in [-0.39, 0.29) is 10.7 Å². The Morgan fingerprint density at radius 2 is 1.77 bits per heavy atom. The van der Waals surface area contributed by atoms with Crippen LogP contribution >= 0.6 is 11.6 Å². The third-order valence-electron chi connectivity index (χ3n) is 1.26. The molecule has 0 aromatic carbocycles. The molecule has 0 fully saturated rings. The molecule has 0 aromatic rings. The molecule has 0 rings (SSSR count). The fourth-order valence-electron chi connectivity index (χ4n) is 0.671. The van der Waals surface area contributed by atoms with Crippen LogP contribution in [0.3, 0.4) is 0 Å². The Kier molecular flexibility index (Phi) is 6.93. The summed E-state index contributed by atoms with van der Waals surface area (Å²) in [5.41, 5.74) is 0. The van der Waals surface area contributed by atoms with Crippen LogP contribution in [0.5, 0.6) is 0 Å². The van der Waals surface area contributed by atoms with E-state index in [1.54, 1.807) is 0 Å². The molecular formula is C6H9ClO4S2. The van der Waals surface area contributed by atoms with Gasteiger partial charge in [0.2, 0.25) is 20.6 Å². The Morgan fingerprint density at radius 3 is 2.23 bits per heavy atom. The summed E-state index contributed by atoms with van der Waals surface area (Å²) < 4.78 is 40.3. The van der Waals surface area contributed by atoms with E-state index in [0.717, 1.165) is 5.37 Å². The highest BCUT2D eigenvalue weighted by Crippen LogP contribution is 2.01. The zero-order chi connectivity index (χ0) is 10.3. The molecule has 0 aromatic heterocycles. The first-order valence-electron chi connectivity index (χ1n) is 3.56. The SMILES string of the molecule is O=S(=O)=CCCCCC(Cl)=S(=O)=O. The van der Waals surface area contributed by atoms with Gasteiger partial charge in [0, 0.05) is 5.37 Å². The van der Waals surface area contributed by atoms with Crippen molar-refractivity contribution in [1.82, 2.24) is 0 Å². The van der Waals surface area contributed by atoms with Gasteiger partial charge in [0.25, 0.3) is 0 Å². The van der Waals surface area contributed by atoms with Crippen LogP contribution in [0.1, 0.15) is 25.7 Å². The van der Waals surface area contributed by atoms with Crippen molar-refractivity contribution in [2.75, 3.05) is 0 Å². The molecule has 0 heterocycles. The number of halogens is 1. The number of hydrogen-bond acceptors (Lipinski definition) is 4. The predicted molar refractivity (Wildman–Crippen MR) is 53.2 cm³/mol. The quantitative estimate of drug-likeness (QED) is 0.401. The van der Waals surface area contributed by atoms with Crippen LogP contribution in [0.25, 0.3) is 0 Å². The zero-order valence-corrected chi connectivity index (χ0v) is 9.12. The Labute approximate surface area is 84.6 Å². The average molecular weight is 245 g/mol. The molecule has 76 valence electrons. The van der Waals surface area contributed by atoms with Gasteiger partial charge in [-0.1, -0.05) is 11.6 Å². The summed E-state index contributed by atoms with van der Waals surface area (Å²) >= 11 is 5.33. The lowest BCUT2D eigenvalue weighted by Crippen LogP contribution is -1.89. The van der Waals surface area contributed by atoms with Crippen molar-refractivity contribution in [3.05, 3.63) is 0 Å². The Hall–Kier alpha value is -0.330. The molecule has 0 bridgehead atoms. The van der Waals surface area contributed by atoms with Crippen LogP contribution in [-0.2, 0) is 20.6 Å². The molecule has 0 saturated heterocycles. The Balaban J connectivity index is 3.72. The maximum absolute atomic E-state index is 10.2. The summed E-state index contributed by atoms with van der Waals surface area (Å²) in [5.74, 6) is 0. The lowest BCUT2D eigenvalue weighted by atomic mass is 10.2. The van der Waals surface area contributed by atoms with E-state index < -0.39 is 20.6 Å². The van der Waals surface area contributed by atoms with E-state index in [0.29, 0.717) is 19.3 Å². The summed E-state index contributed by atoms with van der Waals surface area (Å²) in [6.45, 7) is 0. The van der Waals surface area contributed by atoms with Crippen molar-refractivity contribution in [3.63, 3.8) is 0 Å². The maximum Gasteiger partial charge on any atom is 0.228 e. The number of hydrogen-bond donors (Lipinski definition) is 0. The minimum Gasteiger partial charge on any atom is -0.185 e. The molecule has 13 heavy (non-hydrogen) atoms. The molecule has 0 spiro atoms. The van der Waals surface area contributed by atoms with Gasteiger partial charge in [-0.05, 0) is 25.7 Å². The monoisotopic (exact) mass is 244 g/mol. The standard InChI is InChI=1S/C6H9ClO4S2/c7-6(13(10)11)4-2-1-3-5-12(8)9/h5H,1-4H2. The average Bonchev–Trinajstić information content (AvgIpc) is 2.02. The molecule has 0 unspecified atom stereocenters. The van der Waals surface area contributed by atoms with Gasteiger partial charge in [-0.2, -0.15) is 16.8 Å². The highest BCUT2D eigenvalue weighted by atomic mass is 35.5. The van der Waals surface area contributed by atoms with Gasteiger partial charge in [0.05, 0.1) is 0 Å². The van der Waals surface area contributed by atoms with E-state index in [2.05, 4.69) is 0 Å². The van der Waals surface area contributed by atoms with Gasteiger partial charge in [-0.25, -0.2) is 0 Å². The van der Waals surface area contributed by atoms with Gasteiger partial charge in [-0.3, -0.25) is 0 Å². The number of rotatable bonds is 5. The summed E-state index contributed by atoms with van der Waals surface area (Å²) in [4.78, 5) is 0. The topological polar surface area (TPSA) is 68.3 Å². The lowest BCUT2D eigenvalue weighted by Gasteiger charge is -1.91. The van der Waals surface area contributed by atoms with Gasteiger partial charge < -0.3 is 0 Å². The van der Waals surface area contributed by atoms with Crippen LogP contribution in [0.4, 0.5) is 0 Å². The van der Waals surface area contributed by atoms with E-state index in [1.165, 1.54) is 0 Å². The minimum absolute atomic E-state index is 0.108. The highest BCUT2D eigenvalue weighted by Gasteiger charge is 1.95. The third-order valence-corrected chi connectivity index (χ3v) is 2.90. The molecule has 4 nitrogen and oxygen atoms in total. The third kappa shape index (κ3) is 8.01. The summed E-state index contributed by atoms with van der Waals surface area (Å²) in [5, 5.41) is 1.14. The van der Waals surface area contributed by atoms with Crippen LogP contribution in [0.15, 0.2) is 0 Å². The molecule has 0 amide bonds. The zero-order valence-electron chi connectivity index (χ0n) is 6.73. The van der Waals surface area contributed by atoms with Crippen molar-refractivity contribution < 1.29 is 16.8 Å². The van der Waals surface area contributed by atoms with Crippen molar-refractivity contribution in [2.45, 2.75) is 25.7 Å². The normalized spacial score (nSPS) is 9.31. The van der Waals surface area contributed by atoms with E-state index in [1.807, 2.05) is 0 Å². The summed E-state index contributed by atoms with van der Waals surface area (Å²) in [7, 11) is -4.45. The van der Waals surface area contributed by atoms with E-state index in [9.17, 15) is 16.8 Å². The molecule has 0 atom stereocenters. The molecule has 7 heteroatoms. The first-order chi connectivity index (χ1) is 6.04. The van der Waals surface area contributed by atoms with Gasteiger partial charge in [0.15, 0.2) is 0 Å². The lowest BCUT2D eigenvalue weighted by molar-refractivity contribution is 0.625. The van der Waals surface area contributed by atoms with Crippen LogP contribution in [-0.4, -0.2) is 26.5 Å². The smallest absolute Gasteiger partial charge is 0.185 e. The van der Waals surface area contributed by atoms with E-state index in [4.69, 9.17) is 11.6 Å². The highest BCUT2D eigenvalue weighted by molar-refractivity contribution is 7.76. The Bertz CT molecular complexity index is 388. The second-order valence-corrected chi connectivity index (χ2v) is 4.76. The van der Waals surface area contributed by atoms with Gasteiger partial charge >= 0.3 is 0 Å². The number of unbranched alkanes of at least 4 members (excludes halogenated alkanes) is 2. The fourth-order valence-corrected chi connectivity index (χ4v) is 1.47. The van der Waals surface area contributed by atoms with Crippen LogP contribution < -0.4 is 0 Å². The molecule has 0 N–H and O–H groups in total. The van der Waals surface area contributed by atoms with Crippen molar-refractivity contribution in [3.8, 4) is 0 Å². The van der Waals surface area contributed by atoms with E-state index >= 15 is 0 Å². The van der Waals surface area contributed by atoms with Gasteiger partial charge in [-0.15, -0.1) is 0 Å². The summed E-state index contributed by atoms with van der Waals surface area (Å²) in [6.07, 6.45) is 1.88. The predicted octanol–water partition coefficient (Wildman–Crippen LogP) is 0.476. The largest absolute Gasteiger partial charge is 0.228 e. The van der Waals surface area contributed by atoms with Crippen molar-refractivity contribution >= 4 is 41.9 Å². The minimum atomic E-state index is -2.32. The molecular weight excluding hydrogens is 236 g/mol. The van der Waals surface area contributed by atoms with Crippen molar-refractivity contribution in [2.24, 2.45) is 0 Å².